The van der Waals surface area contributed by atoms with Gasteiger partial charge < -0.3 is 15.2 Å². The van der Waals surface area contributed by atoms with Crippen LogP contribution in [0.4, 0.5) is 0 Å². The lowest BCUT2D eigenvalue weighted by molar-refractivity contribution is 0.419. The van der Waals surface area contributed by atoms with Crippen LogP contribution < -0.4 is 5.46 Å². The van der Waals surface area contributed by atoms with E-state index in [0.29, 0.717) is 0 Å². The molecular formula is C11H13BO3. The molecule has 1 aromatic carbocycles. The Morgan fingerprint density at radius 2 is 2.00 bits per heavy atom. The minimum Gasteiger partial charge on any atom is -0.508 e. The Hall–Kier alpha value is -1.26. The summed E-state index contributed by atoms with van der Waals surface area (Å²) in [6.45, 7) is 0. The zero-order valence-corrected chi connectivity index (χ0v) is 8.35. The van der Waals surface area contributed by atoms with E-state index in [1.54, 1.807) is 12.1 Å². The van der Waals surface area contributed by atoms with Crippen molar-refractivity contribution < 1.29 is 15.2 Å². The first-order valence-electron chi connectivity index (χ1n) is 5.07. The van der Waals surface area contributed by atoms with E-state index >= 15 is 0 Å². The second-order valence-electron chi connectivity index (χ2n) is 3.77. The number of rotatable bonds is 2. The number of allylic oxidation sites excluding steroid dienone is 2. The molecule has 0 atom stereocenters. The molecule has 0 radical (unpaired) electrons. The van der Waals surface area contributed by atoms with E-state index in [9.17, 15) is 5.11 Å². The van der Waals surface area contributed by atoms with Gasteiger partial charge in [-0.05, 0) is 36.5 Å². The van der Waals surface area contributed by atoms with E-state index in [-0.39, 0.29) is 11.2 Å². The van der Waals surface area contributed by atoms with Crippen LogP contribution in [0.5, 0.6) is 5.75 Å². The average molecular weight is 204 g/mol. The summed E-state index contributed by atoms with van der Waals surface area (Å²) in [5.74, 6) is -0.0599. The lowest BCUT2D eigenvalue weighted by Gasteiger charge is -2.07. The largest absolute Gasteiger partial charge is 0.508 e. The number of phenolic OH excluding ortho intramolecular Hbond substituents is 1. The maximum atomic E-state index is 9.57. The molecule has 4 heteroatoms. The van der Waals surface area contributed by atoms with Crippen LogP contribution in [0.2, 0.25) is 0 Å². The second-order valence-corrected chi connectivity index (χ2v) is 3.77. The van der Waals surface area contributed by atoms with Gasteiger partial charge in [-0.3, -0.25) is 0 Å². The molecule has 0 heterocycles. The summed E-state index contributed by atoms with van der Waals surface area (Å²) < 4.78 is 0. The molecule has 0 bridgehead atoms. The molecule has 0 amide bonds. The van der Waals surface area contributed by atoms with E-state index < -0.39 is 7.12 Å². The van der Waals surface area contributed by atoms with E-state index in [0.717, 1.165) is 24.8 Å². The third-order valence-electron chi connectivity index (χ3n) is 2.72. The van der Waals surface area contributed by atoms with Gasteiger partial charge in [-0.1, -0.05) is 18.2 Å². The van der Waals surface area contributed by atoms with Crippen molar-refractivity contribution in [1.82, 2.24) is 0 Å². The summed E-state index contributed by atoms with van der Waals surface area (Å²) in [5, 5.41) is 27.5. The lowest BCUT2D eigenvalue weighted by Crippen LogP contribution is -2.29. The maximum Gasteiger partial charge on any atom is 0.492 e. The predicted octanol–water partition coefficient (Wildman–Crippen LogP) is 0.639. The predicted molar refractivity (Wildman–Crippen MR) is 59.8 cm³/mol. The van der Waals surface area contributed by atoms with E-state index in [1.165, 1.54) is 5.57 Å². The highest BCUT2D eigenvalue weighted by Crippen LogP contribution is 2.28. The summed E-state index contributed by atoms with van der Waals surface area (Å²) in [7, 11) is -1.61. The van der Waals surface area contributed by atoms with Crippen LogP contribution >= 0.6 is 0 Å². The molecular weight excluding hydrogens is 191 g/mol. The van der Waals surface area contributed by atoms with Crippen LogP contribution in [0.1, 0.15) is 24.8 Å². The molecule has 0 saturated heterocycles. The molecule has 0 saturated carbocycles. The van der Waals surface area contributed by atoms with Gasteiger partial charge in [-0.2, -0.15) is 0 Å². The van der Waals surface area contributed by atoms with Crippen LogP contribution in [-0.4, -0.2) is 22.3 Å². The Morgan fingerprint density at radius 3 is 2.53 bits per heavy atom. The van der Waals surface area contributed by atoms with Crippen molar-refractivity contribution in [3.8, 4) is 5.75 Å². The number of hydrogen-bond donors (Lipinski definition) is 3. The van der Waals surface area contributed by atoms with Gasteiger partial charge in [0.05, 0.1) is 0 Å². The monoisotopic (exact) mass is 204 g/mol. The molecule has 0 unspecified atom stereocenters. The number of aromatic hydroxyl groups is 1. The van der Waals surface area contributed by atoms with Crippen LogP contribution in [0.3, 0.4) is 0 Å². The highest BCUT2D eigenvalue weighted by molar-refractivity contribution is 6.59. The van der Waals surface area contributed by atoms with Crippen molar-refractivity contribution in [1.29, 1.82) is 0 Å². The molecule has 0 aliphatic heterocycles. The number of phenols is 1. The van der Waals surface area contributed by atoms with Crippen LogP contribution in [0, 0.1) is 0 Å². The van der Waals surface area contributed by atoms with Crippen molar-refractivity contribution in [2.45, 2.75) is 19.3 Å². The van der Waals surface area contributed by atoms with Gasteiger partial charge in [-0.15, -0.1) is 0 Å². The van der Waals surface area contributed by atoms with Gasteiger partial charge in [0.2, 0.25) is 0 Å². The van der Waals surface area contributed by atoms with E-state index in [4.69, 9.17) is 10.0 Å². The Balaban J connectivity index is 2.33. The molecule has 1 aliphatic rings. The van der Waals surface area contributed by atoms with E-state index in [1.807, 2.05) is 6.07 Å². The zero-order valence-electron chi connectivity index (χ0n) is 8.35. The average Bonchev–Trinajstić information content (AvgIpc) is 2.69. The maximum absolute atomic E-state index is 9.57. The van der Waals surface area contributed by atoms with E-state index in [2.05, 4.69) is 6.08 Å². The third-order valence-corrected chi connectivity index (χ3v) is 2.72. The highest BCUT2D eigenvalue weighted by Gasteiger charge is 2.17. The van der Waals surface area contributed by atoms with Gasteiger partial charge in [0.25, 0.3) is 0 Å². The standard InChI is InChI=1S/C11H13BO3/c13-11-7-9(8-3-1-2-4-8)5-6-10(11)12(14)15/h3,5-7,13-15H,1-2,4H2. The van der Waals surface area contributed by atoms with Crippen LogP contribution in [0.15, 0.2) is 24.3 Å². The molecule has 0 fully saturated rings. The van der Waals surface area contributed by atoms with Crippen molar-refractivity contribution in [2.75, 3.05) is 0 Å². The van der Waals surface area contributed by atoms with Crippen molar-refractivity contribution >= 4 is 18.2 Å². The normalized spacial score (nSPS) is 15.2. The quantitative estimate of drug-likeness (QED) is 0.619. The molecule has 2 rings (SSSR count). The van der Waals surface area contributed by atoms with Crippen LogP contribution in [0.25, 0.3) is 5.57 Å². The van der Waals surface area contributed by atoms with Crippen LogP contribution in [-0.2, 0) is 0 Å². The summed E-state index contributed by atoms with van der Waals surface area (Å²) in [5.41, 5.74) is 2.34. The minimum atomic E-state index is -1.61. The Bertz CT molecular complexity index is 399. The first-order chi connectivity index (χ1) is 7.18. The summed E-state index contributed by atoms with van der Waals surface area (Å²) in [6.07, 6.45) is 5.42. The molecule has 78 valence electrons. The molecule has 0 spiro atoms. The lowest BCUT2D eigenvalue weighted by atomic mass is 9.79. The minimum absolute atomic E-state index is 0.0599. The van der Waals surface area contributed by atoms with Gasteiger partial charge in [0.1, 0.15) is 5.75 Å². The van der Waals surface area contributed by atoms with Gasteiger partial charge in [-0.25, -0.2) is 0 Å². The topological polar surface area (TPSA) is 60.7 Å². The van der Waals surface area contributed by atoms with Crippen molar-refractivity contribution in [3.63, 3.8) is 0 Å². The Labute approximate surface area is 88.8 Å². The molecule has 3 nitrogen and oxygen atoms in total. The fraction of sp³-hybridized carbons (Fsp3) is 0.273. The van der Waals surface area contributed by atoms with Crippen molar-refractivity contribution in [2.24, 2.45) is 0 Å². The fourth-order valence-corrected chi connectivity index (χ4v) is 1.89. The van der Waals surface area contributed by atoms with Crippen molar-refractivity contribution in [3.05, 3.63) is 29.8 Å². The highest BCUT2D eigenvalue weighted by atomic mass is 16.4. The third kappa shape index (κ3) is 2.06. The number of hydrogen-bond acceptors (Lipinski definition) is 3. The molecule has 0 aromatic heterocycles. The first-order valence-corrected chi connectivity index (χ1v) is 5.07. The van der Waals surface area contributed by atoms with Gasteiger partial charge >= 0.3 is 7.12 Å². The molecule has 15 heavy (non-hydrogen) atoms. The SMILES string of the molecule is OB(O)c1ccc(C2=CCCC2)cc1O. The van der Waals surface area contributed by atoms with Gasteiger partial charge in [0.15, 0.2) is 0 Å². The summed E-state index contributed by atoms with van der Waals surface area (Å²) >= 11 is 0. The van der Waals surface area contributed by atoms with Gasteiger partial charge in [0, 0.05) is 5.46 Å². The fourth-order valence-electron chi connectivity index (χ4n) is 1.89. The second kappa shape index (κ2) is 4.09. The Morgan fingerprint density at radius 1 is 1.20 bits per heavy atom. The first kappa shape index (κ1) is 10.3. The smallest absolute Gasteiger partial charge is 0.492 e. The molecule has 1 aliphatic carbocycles. The zero-order chi connectivity index (χ0) is 10.8. The summed E-state index contributed by atoms with van der Waals surface area (Å²) in [4.78, 5) is 0. The number of benzene rings is 1. The molecule has 3 N–H and O–H groups in total. The molecule has 1 aromatic rings. The summed E-state index contributed by atoms with van der Waals surface area (Å²) in [6, 6.07) is 4.95. The Kier molecular flexibility index (Phi) is 2.80.